The zero-order valence-electron chi connectivity index (χ0n) is 10.9. The van der Waals surface area contributed by atoms with Crippen molar-refractivity contribution in [2.75, 3.05) is 0 Å². The molecule has 0 amide bonds. The molecule has 0 unspecified atom stereocenters. The number of benzene rings is 2. The van der Waals surface area contributed by atoms with Gasteiger partial charge in [0, 0.05) is 20.9 Å². The Bertz CT molecular complexity index is 841. The van der Waals surface area contributed by atoms with E-state index in [9.17, 15) is 9.18 Å². The second-order valence-corrected chi connectivity index (χ2v) is 5.63. The summed E-state index contributed by atoms with van der Waals surface area (Å²) in [5.74, 6) is -1.33. The molecule has 0 atom stereocenters. The maximum Gasteiger partial charge on any atom is 0.307 e. The van der Waals surface area contributed by atoms with Gasteiger partial charge in [0.1, 0.15) is 5.82 Å². The molecular formula is C16H11BrFNO2. The molecule has 0 aliphatic rings. The molecule has 1 heterocycles. The van der Waals surface area contributed by atoms with Crippen molar-refractivity contribution in [1.29, 1.82) is 0 Å². The van der Waals surface area contributed by atoms with Gasteiger partial charge in [-0.1, -0.05) is 28.1 Å². The fraction of sp³-hybridized carbons (Fsp3) is 0.0625. The topological polar surface area (TPSA) is 53.1 Å². The van der Waals surface area contributed by atoms with Gasteiger partial charge in [-0.05, 0) is 35.9 Å². The first-order valence-electron chi connectivity index (χ1n) is 6.33. The lowest BCUT2D eigenvalue weighted by Crippen LogP contribution is -2.01. The number of rotatable bonds is 3. The molecule has 0 bridgehead atoms. The fourth-order valence-corrected chi connectivity index (χ4v) is 2.81. The zero-order chi connectivity index (χ0) is 15.0. The Morgan fingerprint density at radius 1 is 1.24 bits per heavy atom. The normalized spacial score (nSPS) is 11.0. The van der Waals surface area contributed by atoms with Crippen LogP contribution in [0.15, 0.2) is 46.9 Å². The van der Waals surface area contributed by atoms with Gasteiger partial charge in [0.15, 0.2) is 0 Å². The van der Waals surface area contributed by atoms with E-state index in [1.807, 2.05) is 18.2 Å². The van der Waals surface area contributed by atoms with Crippen LogP contribution in [0.3, 0.4) is 0 Å². The molecular weight excluding hydrogens is 337 g/mol. The first-order chi connectivity index (χ1) is 10.1. The van der Waals surface area contributed by atoms with Crippen molar-refractivity contribution in [2.24, 2.45) is 0 Å². The molecule has 0 saturated heterocycles. The second-order valence-electron chi connectivity index (χ2n) is 4.72. The summed E-state index contributed by atoms with van der Waals surface area (Å²) >= 11 is 3.38. The van der Waals surface area contributed by atoms with Gasteiger partial charge in [0.2, 0.25) is 0 Å². The average molecular weight is 348 g/mol. The summed E-state index contributed by atoms with van der Waals surface area (Å²) in [4.78, 5) is 14.3. The molecule has 0 aliphatic heterocycles. The van der Waals surface area contributed by atoms with Crippen LogP contribution in [0.4, 0.5) is 4.39 Å². The van der Waals surface area contributed by atoms with Crippen molar-refractivity contribution in [2.45, 2.75) is 6.42 Å². The van der Waals surface area contributed by atoms with Gasteiger partial charge in [0.05, 0.1) is 12.1 Å². The third-order valence-corrected chi connectivity index (χ3v) is 3.83. The Hall–Kier alpha value is -2.14. The van der Waals surface area contributed by atoms with Gasteiger partial charge in [-0.15, -0.1) is 0 Å². The van der Waals surface area contributed by atoms with E-state index in [0.29, 0.717) is 16.8 Å². The van der Waals surface area contributed by atoms with E-state index in [0.717, 1.165) is 15.4 Å². The Labute approximate surface area is 128 Å². The highest BCUT2D eigenvalue weighted by atomic mass is 79.9. The van der Waals surface area contributed by atoms with Crippen LogP contribution in [0.5, 0.6) is 0 Å². The Balaban J connectivity index is 2.31. The molecule has 0 radical (unpaired) electrons. The third kappa shape index (κ3) is 2.56. The first kappa shape index (κ1) is 13.8. The summed E-state index contributed by atoms with van der Waals surface area (Å²) < 4.78 is 14.9. The molecule has 0 aliphatic carbocycles. The molecule has 0 spiro atoms. The van der Waals surface area contributed by atoms with Crippen molar-refractivity contribution < 1.29 is 14.3 Å². The molecule has 21 heavy (non-hydrogen) atoms. The van der Waals surface area contributed by atoms with Crippen LogP contribution in [0, 0.1) is 5.82 Å². The van der Waals surface area contributed by atoms with E-state index < -0.39 is 5.97 Å². The summed E-state index contributed by atoms with van der Waals surface area (Å²) in [6, 6.07) is 11.9. The number of nitrogens with one attached hydrogen (secondary N) is 1. The number of hydrogen-bond donors (Lipinski definition) is 2. The first-order valence-corrected chi connectivity index (χ1v) is 7.12. The zero-order valence-corrected chi connectivity index (χ0v) is 12.4. The SMILES string of the molecule is O=C(O)Cc1c(-c2ccccc2F)[nH]c2ccc(Br)cc12. The van der Waals surface area contributed by atoms with Crippen LogP contribution in [-0.4, -0.2) is 16.1 Å². The number of aromatic nitrogens is 1. The number of carbonyl (C=O) groups is 1. The molecule has 106 valence electrons. The van der Waals surface area contributed by atoms with E-state index in [1.165, 1.54) is 6.07 Å². The molecule has 1 aromatic heterocycles. The summed E-state index contributed by atoms with van der Waals surface area (Å²) in [6.07, 6.45) is -0.167. The van der Waals surface area contributed by atoms with Crippen LogP contribution in [-0.2, 0) is 11.2 Å². The minimum atomic E-state index is -0.950. The highest BCUT2D eigenvalue weighted by molar-refractivity contribution is 9.10. The summed E-state index contributed by atoms with van der Waals surface area (Å²) in [5.41, 5.74) is 2.27. The van der Waals surface area contributed by atoms with Crippen molar-refractivity contribution in [1.82, 2.24) is 4.98 Å². The van der Waals surface area contributed by atoms with Crippen molar-refractivity contribution in [3.8, 4) is 11.3 Å². The van der Waals surface area contributed by atoms with Crippen LogP contribution in [0.25, 0.3) is 22.2 Å². The number of hydrogen-bond acceptors (Lipinski definition) is 1. The number of carboxylic acid groups (broad SMARTS) is 1. The predicted molar refractivity (Wildman–Crippen MR) is 82.7 cm³/mol. The second kappa shape index (κ2) is 5.33. The largest absolute Gasteiger partial charge is 0.481 e. The van der Waals surface area contributed by atoms with Gasteiger partial charge in [-0.3, -0.25) is 4.79 Å². The van der Waals surface area contributed by atoms with Gasteiger partial charge in [0.25, 0.3) is 0 Å². The van der Waals surface area contributed by atoms with Crippen LogP contribution in [0.1, 0.15) is 5.56 Å². The Kier molecular flexibility index (Phi) is 3.51. The average Bonchev–Trinajstić information content (AvgIpc) is 2.77. The number of carboxylic acids is 1. The highest BCUT2D eigenvalue weighted by Gasteiger charge is 2.18. The maximum atomic E-state index is 14.0. The van der Waals surface area contributed by atoms with E-state index in [2.05, 4.69) is 20.9 Å². The third-order valence-electron chi connectivity index (χ3n) is 3.34. The minimum absolute atomic E-state index is 0.167. The van der Waals surface area contributed by atoms with Crippen molar-refractivity contribution >= 4 is 32.8 Å². The predicted octanol–water partition coefficient (Wildman–Crippen LogP) is 4.36. The van der Waals surface area contributed by atoms with Crippen LogP contribution in [0.2, 0.25) is 0 Å². The van der Waals surface area contributed by atoms with E-state index in [1.54, 1.807) is 18.2 Å². The standard InChI is InChI=1S/C16H11BrFNO2/c17-9-5-6-14-11(7-9)12(8-15(20)21)16(19-14)10-3-1-2-4-13(10)18/h1-7,19H,8H2,(H,20,21). The number of H-pyrrole nitrogens is 1. The van der Waals surface area contributed by atoms with E-state index >= 15 is 0 Å². The quantitative estimate of drug-likeness (QED) is 0.739. The molecule has 2 N–H and O–H groups in total. The van der Waals surface area contributed by atoms with E-state index in [4.69, 9.17) is 5.11 Å². The summed E-state index contributed by atoms with van der Waals surface area (Å²) in [6.45, 7) is 0. The molecule has 3 aromatic rings. The van der Waals surface area contributed by atoms with Gasteiger partial charge < -0.3 is 10.1 Å². The Morgan fingerprint density at radius 3 is 2.71 bits per heavy atom. The molecule has 3 rings (SSSR count). The van der Waals surface area contributed by atoms with Crippen molar-refractivity contribution in [3.05, 3.63) is 58.3 Å². The molecule has 0 saturated carbocycles. The monoisotopic (exact) mass is 347 g/mol. The lowest BCUT2D eigenvalue weighted by molar-refractivity contribution is -0.136. The molecule has 2 aromatic carbocycles. The highest BCUT2D eigenvalue weighted by Crippen LogP contribution is 2.33. The van der Waals surface area contributed by atoms with Gasteiger partial charge in [-0.2, -0.15) is 0 Å². The van der Waals surface area contributed by atoms with Crippen molar-refractivity contribution in [3.63, 3.8) is 0 Å². The molecule has 0 fully saturated rings. The van der Waals surface area contributed by atoms with E-state index in [-0.39, 0.29) is 12.2 Å². The number of halogens is 2. The van der Waals surface area contributed by atoms with Crippen LogP contribution >= 0.6 is 15.9 Å². The number of aliphatic carboxylic acids is 1. The lowest BCUT2D eigenvalue weighted by atomic mass is 10.0. The smallest absolute Gasteiger partial charge is 0.307 e. The summed E-state index contributed by atoms with van der Waals surface area (Å²) in [7, 11) is 0. The molecule has 3 nitrogen and oxygen atoms in total. The van der Waals surface area contributed by atoms with Gasteiger partial charge in [-0.25, -0.2) is 4.39 Å². The van der Waals surface area contributed by atoms with Crippen LogP contribution < -0.4 is 0 Å². The van der Waals surface area contributed by atoms with Gasteiger partial charge >= 0.3 is 5.97 Å². The fourth-order valence-electron chi connectivity index (χ4n) is 2.45. The minimum Gasteiger partial charge on any atom is -0.481 e. The summed E-state index contributed by atoms with van der Waals surface area (Å²) in [5, 5.41) is 9.92. The number of fused-ring (bicyclic) bond motifs is 1. The maximum absolute atomic E-state index is 14.0. The molecule has 5 heteroatoms. The number of aromatic amines is 1. The lowest BCUT2D eigenvalue weighted by Gasteiger charge is -2.04. The Morgan fingerprint density at radius 2 is 2.00 bits per heavy atom.